The first-order valence-corrected chi connectivity index (χ1v) is 11.5. The molecule has 2 aromatic rings. The van der Waals surface area contributed by atoms with Gasteiger partial charge in [0.05, 0.1) is 5.02 Å². The zero-order chi connectivity index (χ0) is 21.2. The van der Waals surface area contributed by atoms with Crippen LogP contribution in [0.1, 0.15) is 24.2 Å². The fraction of sp³-hybridized carbons (Fsp3) is 0.350. The van der Waals surface area contributed by atoms with Crippen molar-refractivity contribution >= 4 is 44.8 Å². The summed E-state index contributed by atoms with van der Waals surface area (Å²) in [6.07, 6.45) is 0. The zero-order valence-electron chi connectivity index (χ0n) is 16.2. The van der Waals surface area contributed by atoms with Gasteiger partial charge in [0.15, 0.2) is 0 Å². The minimum absolute atomic E-state index is 0.0487. The van der Waals surface area contributed by atoms with Crippen LogP contribution in [-0.4, -0.2) is 56.3 Å². The van der Waals surface area contributed by atoms with Gasteiger partial charge >= 0.3 is 0 Å². The van der Waals surface area contributed by atoms with Gasteiger partial charge in [0.2, 0.25) is 0 Å². The smallest absolute Gasteiger partial charge is 0.263 e. The number of nitrogens with one attached hydrogen (secondary N) is 1. The van der Waals surface area contributed by atoms with Gasteiger partial charge in [-0.15, -0.1) is 0 Å². The average Bonchev–Trinajstić information content (AvgIpc) is 2.69. The van der Waals surface area contributed by atoms with Gasteiger partial charge < -0.3 is 4.90 Å². The van der Waals surface area contributed by atoms with Crippen molar-refractivity contribution in [2.75, 3.05) is 30.9 Å². The molecule has 1 aliphatic heterocycles. The Hall–Kier alpha value is -1.80. The number of anilines is 1. The van der Waals surface area contributed by atoms with E-state index in [9.17, 15) is 13.2 Å². The number of hydrogen-bond acceptors (Lipinski definition) is 4. The Morgan fingerprint density at radius 1 is 1.00 bits per heavy atom. The van der Waals surface area contributed by atoms with Gasteiger partial charge in [-0.25, -0.2) is 8.42 Å². The third-order valence-electron chi connectivity index (χ3n) is 4.90. The second-order valence-electron chi connectivity index (χ2n) is 7.18. The van der Waals surface area contributed by atoms with Crippen LogP contribution in [0, 0.1) is 0 Å². The summed E-state index contributed by atoms with van der Waals surface area (Å²) >= 11 is 12.0. The highest BCUT2D eigenvalue weighted by molar-refractivity contribution is 7.92. The molecule has 0 aliphatic carbocycles. The molecule has 0 spiro atoms. The van der Waals surface area contributed by atoms with Crippen LogP contribution in [0.25, 0.3) is 0 Å². The Kier molecular flexibility index (Phi) is 6.73. The van der Waals surface area contributed by atoms with E-state index < -0.39 is 10.0 Å². The van der Waals surface area contributed by atoms with E-state index >= 15 is 0 Å². The van der Waals surface area contributed by atoms with Crippen LogP contribution >= 0.6 is 23.2 Å². The van der Waals surface area contributed by atoms with Crippen LogP contribution in [0.3, 0.4) is 0 Å². The quantitative estimate of drug-likeness (QED) is 0.740. The maximum atomic E-state index is 12.9. The van der Waals surface area contributed by atoms with E-state index in [-0.39, 0.29) is 15.8 Å². The number of benzene rings is 2. The first-order valence-electron chi connectivity index (χ1n) is 9.28. The average molecular weight is 456 g/mol. The van der Waals surface area contributed by atoms with E-state index in [2.05, 4.69) is 23.5 Å². The number of halogens is 2. The molecule has 1 heterocycles. The number of piperazine rings is 1. The molecule has 0 saturated carbocycles. The molecule has 1 fully saturated rings. The van der Waals surface area contributed by atoms with Gasteiger partial charge in [0.25, 0.3) is 15.9 Å². The highest BCUT2D eigenvalue weighted by Gasteiger charge is 2.26. The van der Waals surface area contributed by atoms with Gasteiger partial charge in [-0.2, -0.15) is 0 Å². The summed E-state index contributed by atoms with van der Waals surface area (Å²) in [5.41, 5.74) is 0.649. The standard InChI is InChI=1S/C20H23Cl2N3O3S/c1-14(2)24-9-11-25(12-10-24)20(26)15-3-8-18(22)19(13-15)29(27,28)23-17-6-4-16(21)5-7-17/h3-8,13-14,23H,9-12H2,1-2H3. The highest BCUT2D eigenvalue weighted by Crippen LogP contribution is 2.26. The van der Waals surface area contributed by atoms with Crippen molar-refractivity contribution in [2.24, 2.45) is 0 Å². The molecule has 0 atom stereocenters. The summed E-state index contributed by atoms with van der Waals surface area (Å²) in [5.74, 6) is -0.201. The van der Waals surface area contributed by atoms with E-state index in [4.69, 9.17) is 23.2 Å². The molecule has 6 nitrogen and oxygen atoms in total. The van der Waals surface area contributed by atoms with Crippen molar-refractivity contribution < 1.29 is 13.2 Å². The minimum Gasteiger partial charge on any atom is -0.336 e. The molecule has 3 rings (SSSR count). The maximum Gasteiger partial charge on any atom is 0.263 e. The van der Waals surface area contributed by atoms with Gasteiger partial charge in [0, 0.05) is 48.5 Å². The van der Waals surface area contributed by atoms with Crippen molar-refractivity contribution in [3.8, 4) is 0 Å². The molecule has 2 aromatic carbocycles. The van der Waals surface area contributed by atoms with E-state index in [1.807, 2.05) is 0 Å². The first kappa shape index (κ1) is 21.9. The number of hydrogen-bond donors (Lipinski definition) is 1. The van der Waals surface area contributed by atoms with E-state index in [1.54, 1.807) is 35.2 Å². The van der Waals surface area contributed by atoms with Crippen LogP contribution in [0.15, 0.2) is 47.4 Å². The Labute approximate surface area is 181 Å². The predicted octanol–water partition coefficient (Wildman–Crippen LogP) is 3.96. The van der Waals surface area contributed by atoms with Crippen LogP contribution in [0.2, 0.25) is 10.0 Å². The molecule has 1 aliphatic rings. The molecule has 0 unspecified atom stereocenters. The van der Waals surface area contributed by atoms with Crippen molar-refractivity contribution in [1.82, 2.24) is 9.80 Å². The largest absolute Gasteiger partial charge is 0.336 e. The third kappa shape index (κ3) is 5.22. The van der Waals surface area contributed by atoms with Gasteiger partial charge in [-0.1, -0.05) is 23.2 Å². The monoisotopic (exact) mass is 455 g/mol. The van der Waals surface area contributed by atoms with E-state index in [1.165, 1.54) is 12.1 Å². The molecule has 1 amide bonds. The molecule has 1 saturated heterocycles. The summed E-state index contributed by atoms with van der Waals surface area (Å²) in [6.45, 7) is 7.04. The van der Waals surface area contributed by atoms with E-state index in [0.717, 1.165) is 13.1 Å². The highest BCUT2D eigenvalue weighted by atomic mass is 35.5. The molecular formula is C20H23Cl2N3O3S. The second kappa shape index (κ2) is 8.92. The lowest BCUT2D eigenvalue weighted by atomic mass is 10.1. The first-order chi connectivity index (χ1) is 13.7. The lowest BCUT2D eigenvalue weighted by molar-refractivity contribution is 0.0595. The number of carbonyl (C=O) groups is 1. The molecule has 9 heteroatoms. The zero-order valence-corrected chi connectivity index (χ0v) is 18.6. The Balaban J connectivity index is 1.80. The summed E-state index contributed by atoms with van der Waals surface area (Å²) < 4.78 is 28.1. The number of rotatable bonds is 5. The van der Waals surface area contributed by atoms with Gasteiger partial charge in [0.1, 0.15) is 4.90 Å². The molecule has 0 aromatic heterocycles. The van der Waals surface area contributed by atoms with Crippen LogP contribution in [-0.2, 0) is 10.0 Å². The summed E-state index contributed by atoms with van der Waals surface area (Å²) in [7, 11) is -3.97. The fourth-order valence-electron chi connectivity index (χ4n) is 3.19. The predicted molar refractivity (Wildman–Crippen MR) is 116 cm³/mol. The van der Waals surface area contributed by atoms with Gasteiger partial charge in [-0.3, -0.25) is 14.4 Å². The number of amides is 1. The Bertz CT molecular complexity index is 987. The number of sulfonamides is 1. The van der Waals surface area contributed by atoms with Crippen molar-refractivity contribution in [2.45, 2.75) is 24.8 Å². The normalized spacial score (nSPS) is 15.6. The molecule has 0 bridgehead atoms. The number of nitrogens with zero attached hydrogens (tertiary/aromatic N) is 2. The Morgan fingerprint density at radius 2 is 1.62 bits per heavy atom. The maximum absolute atomic E-state index is 12.9. The van der Waals surface area contributed by atoms with Crippen molar-refractivity contribution in [1.29, 1.82) is 0 Å². The second-order valence-corrected chi connectivity index (χ2v) is 9.67. The molecule has 29 heavy (non-hydrogen) atoms. The molecular weight excluding hydrogens is 433 g/mol. The molecule has 1 N–H and O–H groups in total. The minimum atomic E-state index is -3.97. The van der Waals surface area contributed by atoms with E-state index in [0.29, 0.717) is 35.4 Å². The van der Waals surface area contributed by atoms with Gasteiger partial charge in [-0.05, 0) is 56.3 Å². The van der Waals surface area contributed by atoms with Crippen molar-refractivity contribution in [3.63, 3.8) is 0 Å². The lowest BCUT2D eigenvalue weighted by Crippen LogP contribution is -2.50. The topological polar surface area (TPSA) is 69.7 Å². The third-order valence-corrected chi connectivity index (χ3v) is 7.01. The lowest BCUT2D eigenvalue weighted by Gasteiger charge is -2.37. The SMILES string of the molecule is CC(C)N1CCN(C(=O)c2ccc(Cl)c(S(=O)(=O)Nc3ccc(Cl)cc3)c2)CC1. The number of carbonyl (C=O) groups excluding carboxylic acids is 1. The fourth-order valence-corrected chi connectivity index (χ4v) is 4.91. The molecule has 156 valence electrons. The Morgan fingerprint density at radius 3 is 2.21 bits per heavy atom. The summed E-state index contributed by atoms with van der Waals surface area (Å²) in [5, 5.41) is 0.545. The molecule has 0 radical (unpaired) electrons. The van der Waals surface area contributed by atoms with Crippen LogP contribution in [0.5, 0.6) is 0 Å². The van der Waals surface area contributed by atoms with Crippen LogP contribution in [0.4, 0.5) is 5.69 Å². The summed E-state index contributed by atoms with van der Waals surface area (Å²) in [4.78, 5) is 16.8. The summed E-state index contributed by atoms with van der Waals surface area (Å²) in [6, 6.07) is 11.0. The van der Waals surface area contributed by atoms with Crippen LogP contribution < -0.4 is 4.72 Å². The van der Waals surface area contributed by atoms with Crippen molar-refractivity contribution in [3.05, 3.63) is 58.1 Å².